The van der Waals surface area contributed by atoms with Gasteiger partial charge in [0.05, 0.1) is 22.4 Å². The van der Waals surface area contributed by atoms with E-state index in [0.29, 0.717) is 5.11 Å². The largest absolute Gasteiger partial charge is 0.370 e. The zero-order valence-electron chi connectivity index (χ0n) is 22.6. The number of nitrogens with zero attached hydrogens (tertiary/aromatic N) is 4. The summed E-state index contributed by atoms with van der Waals surface area (Å²) < 4.78 is 2.26. The molecule has 2 aromatic carbocycles. The van der Waals surface area contributed by atoms with Crippen molar-refractivity contribution in [3.05, 3.63) is 107 Å². The van der Waals surface area contributed by atoms with E-state index in [2.05, 4.69) is 101 Å². The van der Waals surface area contributed by atoms with Gasteiger partial charge in [-0.25, -0.2) is 0 Å². The fourth-order valence-electron chi connectivity index (χ4n) is 5.83. The smallest absolute Gasteiger partial charge is 0.174 e. The number of thiocarbonyl (C=S) groups is 1. The van der Waals surface area contributed by atoms with E-state index in [1.807, 2.05) is 18.3 Å². The summed E-state index contributed by atoms with van der Waals surface area (Å²) in [4.78, 5) is 9.33. The normalized spacial score (nSPS) is 19.9. The Morgan fingerprint density at radius 1 is 0.923 bits per heavy atom. The summed E-state index contributed by atoms with van der Waals surface area (Å²) in [5.74, 6) is 0.769. The molecule has 0 radical (unpaired) electrons. The molecule has 0 spiro atoms. The standard InChI is InChI=1S/C32H34ClN5S/c1-21-13-17-36(18-14-21)28-12-11-25(20-26(28)33)38-31(30(35-32(38)39)27-7-4-5-15-34-27)29-8-6-16-37(29)24-10-9-22(2)23(3)19-24/h4-12,15-16,19-21,30-31H,13-14,17-18H2,1-3H3,(H,35,39)/t30-,31-/m0/s1. The lowest BCUT2D eigenvalue weighted by Crippen LogP contribution is -2.33. The van der Waals surface area contributed by atoms with Gasteiger partial charge in [0.15, 0.2) is 5.11 Å². The zero-order chi connectivity index (χ0) is 27.1. The van der Waals surface area contributed by atoms with Crippen LogP contribution in [0.3, 0.4) is 0 Å². The van der Waals surface area contributed by atoms with Gasteiger partial charge in [-0.15, -0.1) is 0 Å². The topological polar surface area (TPSA) is 36.3 Å². The zero-order valence-corrected chi connectivity index (χ0v) is 24.2. The minimum atomic E-state index is -0.124. The summed E-state index contributed by atoms with van der Waals surface area (Å²) in [6.07, 6.45) is 6.36. The van der Waals surface area contributed by atoms with Gasteiger partial charge in [0.25, 0.3) is 0 Å². The molecule has 4 aromatic rings. The van der Waals surface area contributed by atoms with Crippen LogP contribution in [0.15, 0.2) is 79.1 Å². The van der Waals surface area contributed by atoms with E-state index in [1.54, 1.807) is 0 Å². The maximum absolute atomic E-state index is 6.96. The van der Waals surface area contributed by atoms with E-state index < -0.39 is 0 Å². The predicted molar refractivity (Wildman–Crippen MR) is 165 cm³/mol. The molecule has 0 saturated carbocycles. The van der Waals surface area contributed by atoms with Crippen LogP contribution in [-0.2, 0) is 0 Å². The van der Waals surface area contributed by atoms with Gasteiger partial charge in [0.1, 0.15) is 6.04 Å². The van der Waals surface area contributed by atoms with E-state index in [4.69, 9.17) is 28.8 Å². The van der Waals surface area contributed by atoms with Crippen molar-refractivity contribution in [1.29, 1.82) is 0 Å². The van der Waals surface area contributed by atoms with Crippen molar-refractivity contribution in [2.45, 2.75) is 45.7 Å². The molecule has 0 bridgehead atoms. The average Bonchev–Trinajstić information content (AvgIpc) is 3.55. The molecule has 6 rings (SSSR count). The minimum Gasteiger partial charge on any atom is -0.370 e. The minimum absolute atomic E-state index is 0.123. The molecule has 1 N–H and O–H groups in total. The molecule has 2 aromatic heterocycles. The highest BCUT2D eigenvalue weighted by Gasteiger charge is 2.42. The maximum atomic E-state index is 6.96. The molecule has 2 fully saturated rings. The average molecular weight is 556 g/mol. The van der Waals surface area contributed by atoms with Crippen molar-refractivity contribution in [1.82, 2.24) is 14.9 Å². The van der Waals surface area contributed by atoms with Gasteiger partial charge in [0.2, 0.25) is 0 Å². The molecular weight excluding hydrogens is 522 g/mol. The Bertz CT molecular complexity index is 1490. The Labute approximate surface area is 241 Å². The lowest BCUT2D eigenvalue weighted by atomic mass is 9.98. The van der Waals surface area contributed by atoms with Crippen LogP contribution in [-0.4, -0.2) is 27.8 Å². The molecular formula is C32H34ClN5S. The fraction of sp³-hybridized carbons (Fsp3) is 0.312. The Morgan fingerprint density at radius 3 is 2.44 bits per heavy atom. The second-order valence-electron chi connectivity index (χ2n) is 10.9. The fourth-order valence-corrected chi connectivity index (χ4v) is 6.47. The monoisotopic (exact) mass is 555 g/mol. The second kappa shape index (κ2) is 10.7. The molecule has 2 aliphatic heterocycles. The highest BCUT2D eigenvalue weighted by Crippen LogP contribution is 2.44. The Balaban J connectivity index is 1.43. The molecule has 39 heavy (non-hydrogen) atoms. The van der Waals surface area contributed by atoms with Crippen LogP contribution in [0.25, 0.3) is 5.69 Å². The first-order chi connectivity index (χ1) is 18.9. The molecule has 7 heteroatoms. The van der Waals surface area contributed by atoms with E-state index in [1.165, 1.54) is 24.0 Å². The van der Waals surface area contributed by atoms with Gasteiger partial charge in [-0.2, -0.15) is 0 Å². The summed E-state index contributed by atoms with van der Waals surface area (Å²) in [6.45, 7) is 8.71. The molecule has 5 nitrogen and oxygen atoms in total. The summed E-state index contributed by atoms with van der Waals surface area (Å²) in [5.41, 5.74) is 7.83. The van der Waals surface area contributed by atoms with E-state index in [9.17, 15) is 0 Å². The third-order valence-corrected chi connectivity index (χ3v) is 8.90. The van der Waals surface area contributed by atoms with E-state index >= 15 is 0 Å². The lowest BCUT2D eigenvalue weighted by Gasteiger charge is -2.33. The third kappa shape index (κ3) is 4.92. The number of aromatic nitrogens is 2. The van der Waals surface area contributed by atoms with Crippen LogP contribution < -0.4 is 15.1 Å². The third-order valence-electron chi connectivity index (χ3n) is 8.28. The Kier molecular flexibility index (Phi) is 7.08. The van der Waals surface area contributed by atoms with E-state index in [-0.39, 0.29) is 12.1 Å². The number of anilines is 2. The van der Waals surface area contributed by atoms with Gasteiger partial charge >= 0.3 is 0 Å². The summed E-state index contributed by atoms with van der Waals surface area (Å²) in [5, 5.41) is 5.01. The summed E-state index contributed by atoms with van der Waals surface area (Å²) in [6, 6.07) is 23.1. The van der Waals surface area contributed by atoms with Crippen molar-refractivity contribution in [2.24, 2.45) is 5.92 Å². The Hall–Kier alpha value is -3.35. The molecule has 4 heterocycles. The van der Waals surface area contributed by atoms with E-state index in [0.717, 1.165) is 52.5 Å². The first kappa shape index (κ1) is 25.9. The number of nitrogens with one attached hydrogen (secondary N) is 1. The van der Waals surface area contributed by atoms with Crippen LogP contribution in [0.2, 0.25) is 5.02 Å². The number of halogens is 1. The number of hydrogen-bond acceptors (Lipinski definition) is 3. The number of hydrogen-bond donors (Lipinski definition) is 1. The maximum Gasteiger partial charge on any atom is 0.174 e. The van der Waals surface area contributed by atoms with Crippen LogP contribution in [0.1, 0.15) is 54.4 Å². The number of aryl methyl sites for hydroxylation is 2. The van der Waals surface area contributed by atoms with Crippen LogP contribution in [0.5, 0.6) is 0 Å². The van der Waals surface area contributed by atoms with Crippen LogP contribution in [0.4, 0.5) is 11.4 Å². The number of pyridine rings is 1. The number of rotatable bonds is 5. The quantitative estimate of drug-likeness (QED) is 0.257. The Morgan fingerprint density at radius 2 is 1.72 bits per heavy atom. The predicted octanol–water partition coefficient (Wildman–Crippen LogP) is 7.56. The van der Waals surface area contributed by atoms with Gasteiger partial charge in [-0.05, 0) is 111 Å². The highest BCUT2D eigenvalue weighted by molar-refractivity contribution is 7.80. The molecule has 2 aliphatic rings. The molecule has 2 saturated heterocycles. The van der Waals surface area contributed by atoms with Crippen molar-refractivity contribution in [2.75, 3.05) is 22.9 Å². The lowest BCUT2D eigenvalue weighted by molar-refractivity contribution is 0.438. The van der Waals surface area contributed by atoms with Gasteiger partial charge < -0.3 is 19.7 Å². The van der Waals surface area contributed by atoms with Gasteiger partial charge in [-0.3, -0.25) is 4.98 Å². The van der Waals surface area contributed by atoms with Crippen molar-refractivity contribution >= 4 is 40.3 Å². The van der Waals surface area contributed by atoms with Crippen molar-refractivity contribution in [3.8, 4) is 5.69 Å². The van der Waals surface area contributed by atoms with Crippen LogP contribution in [0, 0.1) is 19.8 Å². The second-order valence-corrected chi connectivity index (χ2v) is 11.7. The number of piperidine rings is 1. The van der Waals surface area contributed by atoms with Crippen molar-refractivity contribution < 1.29 is 0 Å². The molecule has 0 aliphatic carbocycles. The first-order valence-corrected chi connectivity index (χ1v) is 14.5. The highest BCUT2D eigenvalue weighted by atomic mass is 35.5. The molecule has 200 valence electrons. The van der Waals surface area contributed by atoms with Crippen molar-refractivity contribution in [3.63, 3.8) is 0 Å². The number of benzene rings is 2. The summed E-state index contributed by atoms with van der Waals surface area (Å²) >= 11 is 12.9. The summed E-state index contributed by atoms with van der Waals surface area (Å²) in [7, 11) is 0. The SMILES string of the molecule is Cc1ccc(-n2cccc2[C@H]2[C@H](c3ccccn3)NC(=S)N2c2ccc(N3CCC(C)CC3)c(Cl)c2)cc1C. The molecule has 0 amide bonds. The first-order valence-electron chi connectivity index (χ1n) is 13.7. The van der Waals surface area contributed by atoms with Crippen LogP contribution >= 0.6 is 23.8 Å². The molecule has 2 atom stereocenters. The van der Waals surface area contributed by atoms with Gasteiger partial charge in [-0.1, -0.05) is 30.7 Å². The van der Waals surface area contributed by atoms with Gasteiger partial charge in [0, 0.05) is 42.6 Å². The molecule has 0 unspecified atom stereocenters.